The van der Waals surface area contributed by atoms with Crippen LogP contribution in [0.15, 0.2) is 12.1 Å². The van der Waals surface area contributed by atoms with Crippen molar-refractivity contribution in [1.82, 2.24) is 10.3 Å². The van der Waals surface area contributed by atoms with E-state index in [1.165, 1.54) is 0 Å². The van der Waals surface area contributed by atoms with Gasteiger partial charge in [0, 0.05) is 19.1 Å². The second kappa shape index (κ2) is 4.92. The summed E-state index contributed by atoms with van der Waals surface area (Å²) in [5.41, 5.74) is 1.15. The first kappa shape index (κ1) is 13.1. The van der Waals surface area contributed by atoms with Gasteiger partial charge >= 0.3 is 5.97 Å². The van der Waals surface area contributed by atoms with Gasteiger partial charge in [-0.2, -0.15) is 0 Å². The number of carbonyl (C=O) groups excluding carboxylic acids is 1. The van der Waals surface area contributed by atoms with E-state index in [9.17, 15) is 9.59 Å². The highest BCUT2D eigenvalue weighted by atomic mass is 32.1. The maximum atomic E-state index is 12.0. The lowest BCUT2D eigenvalue weighted by atomic mass is 10.4. The zero-order valence-electron chi connectivity index (χ0n) is 10.8. The van der Waals surface area contributed by atoms with E-state index in [0.29, 0.717) is 23.7 Å². The monoisotopic (exact) mass is 294 g/mol. The Labute approximate surface area is 118 Å². The molecule has 20 heavy (non-hydrogen) atoms. The number of amides is 1. The molecule has 1 aliphatic rings. The first-order valence-corrected chi connectivity index (χ1v) is 7.05. The lowest BCUT2D eigenvalue weighted by molar-refractivity contribution is 0.0702. The summed E-state index contributed by atoms with van der Waals surface area (Å²) in [5.74, 6) is -0.710. The summed E-state index contributed by atoms with van der Waals surface area (Å²) < 4.78 is 5.82. The molecule has 1 aliphatic carbocycles. The first-order chi connectivity index (χ1) is 9.58. The van der Waals surface area contributed by atoms with Crippen LogP contribution in [0, 0.1) is 5.92 Å². The summed E-state index contributed by atoms with van der Waals surface area (Å²) in [6.45, 7) is 0.659. The van der Waals surface area contributed by atoms with E-state index in [2.05, 4.69) is 10.3 Å². The molecule has 3 rings (SSSR count). The molecule has 1 amide bonds. The van der Waals surface area contributed by atoms with Crippen LogP contribution < -0.4 is 5.32 Å². The third kappa shape index (κ3) is 2.41. The Balaban J connectivity index is 1.69. The Morgan fingerprint density at radius 1 is 1.55 bits per heavy atom. The zero-order chi connectivity index (χ0) is 14.3. The fraction of sp³-hybridized carbons (Fsp3) is 0.385. The predicted octanol–water partition coefficient (Wildman–Crippen LogP) is 1.69. The minimum atomic E-state index is -0.953. The van der Waals surface area contributed by atoms with E-state index < -0.39 is 5.97 Å². The molecule has 0 aliphatic heterocycles. The molecule has 0 saturated heterocycles. The van der Waals surface area contributed by atoms with Crippen LogP contribution in [0.5, 0.6) is 0 Å². The van der Waals surface area contributed by atoms with Gasteiger partial charge in [0.15, 0.2) is 0 Å². The van der Waals surface area contributed by atoms with Crippen molar-refractivity contribution >= 4 is 33.4 Å². The second-order valence-corrected chi connectivity index (χ2v) is 5.99. The van der Waals surface area contributed by atoms with Crippen molar-refractivity contribution in [2.75, 3.05) is 13.7 Å². The normalized spacial score (nSPS) is 21.1. The number of nitrogens with one attached hydrogen (secondary N) is 2. The van der Waals surface area contributed by atoms with Crippen molar-refractivity contribution in [2.45, 2.75) is 12.5 Å². The molecule has 1 fully saturated rings. The van der Waals surface area contributed by atoms with Crippen LogP contribution in [0.2, 0.25) is 0 Å². The van der Waals surface area contributed by atoms with E-state index in [4.69, 9.17) is 9.84 Å². The third-order valence-corrected chi connectivity index (χ3v) is 4.45. The Morgan fingerprint density at radius 2 is 2.35 bits per heavy atom. The number of ether oxygens (including phenoxy) is 1. The number of carbonyl (C=O) groups is 2. The lowest BCUT2D eigenvalue weighted by Gasteiger charge is -2.02. The average molecular weight is 294 g/mol. The number of rotatable bonds is 5. The molecule has 7 heteroatoms. The van der Waals surface area contributed by atoms with Gasteiger partial charge in [0.2, 0.25) is 0 Å². The van der Waals surface area contributed by atoms with Gasteiger partial charge in [-0.1, -0.05) is 0 Å². The van der Waals surface area contributed by atoms with Crippen LogP contribution in [-0.4, -0.2) is 41.7 Å². The van der Waals surface area contributed by atoms with Crippen LogP contribution in [0.1, 0.15) is 26.6 Å². The van der Waals surface area contributed by atoms with Gasteiger partial charge in [-0.3, -0.25) is 4.79 Å². The van der Waals surface area contributed by atoms with Gasteiger partial charge in [-0.05, 0) is 18.6 Å². The first-order valence-electron chi connectivity index (χ1n) is 6.24. The summed E-state index contributed by atoms with van der Waals surface area (Å²) in [5, 5.41) is 11.8. The van der Waals surface area contributed by atoms with Gasteiger partial charge in [0.1, 0.15) is 10.6 Å². The van der Waals surface area contributed by atoms with Crippen LogP contribution >= 0.6 is 11.3 Å². The Kier molecular flexibility index (Phi) is 3.23. The number of H-pyrrole nitrogens is 1. The van der Waals surface area contributed by atoms with Crippen LogP contribution in [0.25, 0.3) is 10.2 Å². The molecular weight excluding hydrogens is 280 g/mol. The third-order valence-electron chi connectivity index (χ3n) is 3.38. The molecule has 0 spiro atoms. The molecule has 0 aromatic carbocycles. The average Bonchev–Trinajstić information content (AvgIpc) is 2.84. The van der Waals surface area contributed by atoms with E-state index >= 15 is 0 Å². The highest BCUT2D eigenvalue weighted by Gasteiger charge is 2.38. The van der Waals surface area contributed by atoms with E-state index in [-0.39, 0.29) is 16.8 Å². The number of aromatic carboxylic acids is 1. The molecule has 2 heterocycles. The summed E-state index contributed by atoms with van der Waals surface area (Å²) >= 11 is 1.16. The number of fused-ring (bicyclic) bond motifs is 1. The number of aromatic amines is 1. The second-order valence-electron chi connectivity index (χ2n) is 4.91. The number of hydrogen-bond donors (Lipinski definition) is 3. The molecule has 2 atom stereocenters. The quantitative estimate of drug-likeness (QED) is 0.782. The molecule has 2 aromatic rings. The SMILES string of the molecule is COC[C@H]1C[C@@H]1NC(=O)c1cc2sc(C(=O)O)cc2[nH]1. The zero-order valence-corrected chi connectivity index (χ0v) is 11.6. The van der Waals surface area contributed by atoms with Gasteiger partial charge in [0.25, 0.3) is 5.91 Å². The summed E-state index contributed by atoms with van der Waals surface area (Å²) in [6, 6.07) is 3.41. The number of carboxylic acid groups (broad SMARTS) is 1. The summed E-state index contributed by atoms with van der Waals surface area (Å²) in [4.78, 5) is 26.1. The summed E-state index contributed by atoms with van der Waals surface area (Å²) in [6.07, 6.45) is 0.942. The van der Waals surface area contributed by atoms with Crippen LogP contribution in [0.3, 0.4) is 0 Å². The smallest absolute Gasteiger partial charge is 0.345 e. The van der Waals surface area contributed by atoms with E-state index in [1.807, 2.05) is 0 Å². The molecule has 106 valence electrons. The van der Waals surface area contributed by atoms with Crippen molar-refractivity contribution in [2.24, 2.45) is 5.92 Å². The molecule has 0 radical (unpaired) electrons. The predicted molar refractivity (Wildman–Crippen MR) is 74.4 cm³/mol. The molecule has 0 unspecified atom stereocenters. The van der Waals surface area contributed by atoms with Crippen molar-refractivity contribution in [1.29, 1.82) is 0 Å². The van der Waals surface area contributed by atoms with E-state index in [1.54, 1.807) is 19.2 Å². The van der Waals surface area contributed by atoms with Gasteiger partial charge in [-0.15, -0.1) is 11.3 Å². The highest BCUT2D eigenvalue weighted by molar-refractivity contribution is 7.20. The van der Waals surface area contributed by atoms with E-state index in [0.717, 1.165) is 22.5 Å². The Morgan fingerprint density at radius 3 is 3.00 bits per heavy atom. The largest absolute Gasteiger partial charge is 0.477 e. The fourth-order valence-corrected chi connectivity index (χ4v) is 3.12. The maximum Gasteiger partial charge on any atom is 0.345 e. The van der Waals surface area contributed by atoms with Crippen molar-refractivity contribution in [3.63, 3.8) is 0 Å². The fourth-order valence-electron chi connectivity index (χ4n) is 2.22. The molecule has 2 aromatic heterocycles. The van der Waals surface area contributed by atoms with Gasteiger partial charge in [0.05, 0.1) is 16.8 Å². The lowest BCUT2D eigenvalue weighted by Crippen LogP contribution is -2.27. The number of hydrogen-bond acceptors (Lipinski definition) is 4. The molecule has 1 saturated carbocycles. The number of carboxylic acids is 1. The van der Waals surface area contributed by atoms with Crippen LogP contribution in [-0.2, 0) is 4.74 Å². The molecule has 0 bridgehead atoms. The van der Waals surface area contributed by atoms with Crippen LogP contribution in [0.4, 0.5) is 0 Å². The molecule has 3 N–H and O–H groups in total. The Bertz CT molecular complexity index is 644. The number of aromatic nitrogens is 1. The summed E-state index contributed by atoms with van der Waals surface area (Å²) in [7, 11) is 1.65. The standard InChI is InChI=1S/C13H14N2O4S/c1-19-5-6-2-7(6)15-12(16)9-4-10-8(14-9)3-11(20-10)13(17)18/h3-4,6-7,14H,2,5H2,1H3,(H,15,16)(H,17,18)/t6-,7+/m1/s1. The topological polar surface area (TPSA) is 91.4 Å². The Hall–Kier alpha value is -1.86. The minimum Gasteiger partial charge on any atom is -0.477 e. The minimum absolute atomic E-state index is 0.158. The van der Waals surface area contributed by atoms with Crippen molar-refractivity contribution < 1.29 is 19.4 Å². The highest BCUT2D eigenvalue weighted by Crippen LogP contribution is 2.31. The molecule has 6 nitrogen and oxygen atoms in total. The van der Waals surface area contributed by atoms with Gasteiger partial charge in [-0.25, -0.2) is 4.79 Å². The molecular formula is C13H14N2O4S. The van der Waals surface area contributed by atoms with Gasteiger partial charge < -0.3 is 20.1 Å². The number of methoxy groups -OCH3 is 1. The van der Waals surface area contributed by atoms with Crippen molar-refractivity contribution in [3.8, 4) is 0 Å². The maximum absolute atomic E-state index is 12.0. The number of thiophene rings is 1. The van der Waals surface area contributed by atoms with Crippen molar-refractivity contribution in [3.05, 3.63) is 22.7 Å².